The summed E-state index contributed by atoms with van der Waals surface area (Å²) in [7, 11) is -4.02. The van der Waals surface area contributed by atoms with Crippen LogP contribution in [0.2, 0.25) is 0 Å². The number of carbonyl (C=O) groups excluding carboxylic acids is 1. The molecule has 0 radical (unpaired) electrons. The van der Waals surface area contributed by atoms with Gasteiger partial charge in [0.25, 0.3) is 15.9 Å². The number of anilines is 1. The lowest BCUT2D eigenvalue weighted by Crippen LogP contribution is -2.39. The molecular weight excluding hydrogens is 606 g/mol. The van der Waals surface area contributed by atoms with Gasteiger partial charge < -0.3 is 9.47 Å². The Morgan fingerprint density at radius 3 is 2.32 bits per heavy atom. The monoisotopic (exact) mass is 635 g/mol. The molecule has 0 aromatic heterocycles. The van der Waals surface area contributed by atoms with Gasteiger partial charge in [-0.2, -0.15) is 5.10 Å². The maximum atomic E-state index is 13.5. The van der Waals surface area contributed by atoms with Crippen molar-refractivity contribution in [1.29, 1.82) is 0 Å². The lowest BCUT2D eigenvalue weighted by Gasteiger charge is -2.23. The van der Waals surface area contributed by atoms with Gasteiger partial charge in [0.05, 0.1) is 23.4 Å². The zero-order chi connectivity index (χ0) is 29.2. The van der Waals surface area contributed by atoms with Gasteiger partial charge in [0.2, 0.25) is 0 Å². The summed E-state index contributed by atoms with van der Waals surface area (Å²) in [4.78, 5) is 13.0. The first-order valence-corrected chi connectivity index (χ1v) is 15.1. The summed E-state index contributed by atoms with van der Waals surface area (Å²) < 4.78 is 40.5. The van der Waals surface area contributed by atoms with Crippen molar-refractivity contribution in [1.82, 2.24) is 5.43 Å². The highest BCUT2D eigenvalue weighted by Gasteiger charge is 2.27. The topological polar surface area (TPSA) is 97.3 Å². The molecule has 8 nitrogen and oxygen atoms in total. The van der Waals surface area contributed by atoms with E-state index in [1.54, 1.807) is 54.6 Å². The summed E-state index contributed by atoms with van der Waals surface area (Å²) >= 11 is 3.36. The number of ether oxygens (including phenoxy) is 2. The molecule has 0 saturated heterocycles. The first-order chi connectivity index (χ1) is 19.8. The molecule has 0 unspecified atom stereocenters. The summed E-state index contributed by atoms with van der Waals surface area (Å²) in [6, 6.07) is 28.3. The number of rotatable bonds is 12. The van der Waals surface area contributed by atoms with Gasteiger partial charge in [-0.05, 0) is 79.6 Å². The predicted molar refractivity (Wildman–Crippen MR) is 164 cm³/mol. The molecule has 0 bridgehead atoms. The lowest BCUT2D eigenvalue weighted by atomic mass is 10.2. The Morgan fingerprint density at radius 2 is 1.63 bits per heavy atom. The number of aryl methyl sites for hydroxylation is 1. The molecule has 0 heterocycles. The minimum atomic E-state index is -4.02. The molecule has 212 valence electrons. The highest BCUT2D eigenvalue weighted by Crippen LogP contribution is 2.29. The van der Waals surface area contributed by atoms with Crippen molar-refractivity contribution in [3.63, 3.8) is 0 Å². The van der Waals surface area contributed by atoms with E-state index in [0.717, 1.165) is 19.9 Å². The number of amides is 1. The number of nitrogens with one attached hydrogen (secondary N) is 1. The molecule has 0 aliphatic heterocycles. The molecule has 1 N–H and O–H groups in total. The maximum absolute atomic E-state index is 13.5. The van der Waals surface area contributed by atoms with Crippen molar-refractivity contribution in [2.24, 2.45) is 5.10 Å². The van der Waals surface area contributed by atoms with Crippen LogP contribution in [0.5, 0.6) is 11.5 Å². The molecule has 4 rings (SSSR count). The van der Waals surface area contributed by atoms with Crippen LogP contribution in [0.4, 0.5) is 5.69 Å². The average molecular weight is 637 g/mol. The molecule has 0 spiro atoms. The third kappa shape index (κ3) is 8.18. The number of hydrogen-bond acceptors (Lipinski definition) is 6. The second-order valence-corrected chi connectivity index (χ2v) is 11.8. The fourth-order valence-corrected chi connectivity index (χ4v) is 5.52. The Bertz CT molecular complexity index is 1590. The van der Waals surface area contributed by atoms with E-state index in [4.69, 9.17) is 9.47 Å². The van der Waals surface area contributed by atoms with Crippen molar-refractivity contribution < 1.29 is 22.7 Å². The second-order valence-electron chi connectivity index (χ2n) is 9.01. The van der Waals surface area contributed by atoms with E-state index in [0.29, 0.717) is 36.0 Å². The Hall–Kier alpha value is -4.15. The Labute approximate surface area is 248 Å². The molecule has 1 amide bonds. The normalized spacial score (nSPS) is 11.3. The van der Waals surface area contributed by atoms with Crippen LogP contribution in [-0.4, -0.2) is 33.7 Å². The van der Waals surface area contributed by atoms with Crippen LogP contribution < -0.4 is 19.2 Å². The van der Waals surface area contributed by atoms with Crippen LogP contribution in [0.25, 0.3) is 0 Å². The first-order valence-electron chi connectivity index (χ1n) is 12.9. The fraction of sp³-hybridized carbons (Fsp3) is 0.161. The van der Waals surface area contributed by atoms with E-state index in [-0.39, 0.29) is 4.90 Å². The largest absolute Gasteiger partial charge is 0.490 e. The fourth-order valence-electron chi connectivity index (χ4n) is 3.83. The molecule has 0 saturated carbocycles. The summed E-state index contributed by atoms with van der Waals surface area (Å²) in [5.41, 5.74) is 5.40. The molecule has 10 heteroatoms. The quantitative estimate of drug-likeness (QED) is 0.150. The SMILES string of the molecule is CCOc1cc(/C=N\NC(=O)CN(c2ccc(Br)cc2)S(=O)(=O)c2ccc(C)cc2)ccc1OCc1ccccc1. The summed E-state index contributed by atoms with van der Waals surface area (Å²) in [6.07, 6.45) is 1.46. The Kier molecular flexibility index (Phi) is 10.2. The number of benzene rings is 4. The van der Waals surface area contributed by atoms with Crippen molar-refractivity contribution in [3.05, 3.63) is 118 Å². The smallest absolute Gasteiger partial charge is 0.264 e. The molecule has 0 fully saturated rings. The van der Waals surface area contributed by atoms with E-state index in [9.17, 15) is 13.2 Å². The number of carbonyl (C=O) groups is 1. The third-order valence-corrected chi connectivity index (χ3v) is 8.24. The van der Waals surface area contributed by atoms with Crippen LogP contribution in [-0.2, 0) is 21.4 Å². The van der Waals surface area contributed by atoms with Crippen molar-refractivity contribution >= 4 is 43.8 Å². The number of hydrogen-bond donors (Lipinski definition) is 1. The summed E-state index contributed by atoms with van der Waals surface area (Å²) in [5.74, 6) is 0.528. The van der Waals surface area contributed by atoms with Gasteiger partial charge in [0.15, 0.2) is 11.5 Å². The van der Waals surface area contributed by atoms with Crippen LogP contribution in [0, 0.1) is 6.92 Å². The summed E-state index contributed by atoms with van der Waals surface area (Å²) in [5, 5.41) is 4.04. The van der Waals surface area contributed by atoms with Crippen LogP contribution in [0.3, 0.4) is 0 Å². The van der Waals surface area contributed by atoms with E-state index in [1.807, 2.05) is 44.2 Å². The van der Waals surface area contributed by atoms with Gasteiger partial charge in [-0.3, -0.25) is 9.10 Å². The van der Waals surface area contributed by atoms with Crippen LogP contribution in [0.1, 0.15) is 23.6 Å². The van der Waals surface area contributed by atoms with Crippen LogP contribution in [0.15, 0.2) is 112 Å². The van der Waals surface area contributed by atoms with E-state index >= 15 is 0 Å². The van der Waals surface area contributed by atoms with Crippen LogP contribution >= 0.6 is 15.9 Å². The number of sulfonamides is 1. The first kappa shape index (κ1) is 29.8. The second kappa shape index (κ2) is 14.0. The molecule has 0 atom stereocenters. The minimum absolute atomic E-state index is 0.0837. The Balaban J connectivity index is 1.47. The zero-order valence-electron chi connectivity index (χ0n) is 22.7. The molecule has 0 aliphatic rings. The van der Waals surface area contributed by atoms with E-state index in [1.165, 1.54) is 18.3 Å². The average Bonchev–Trinajstić information content (AvgIpc) is 2.97. The maximum Gasteiger partial charge on any atom is 0.264 e. The molecule has 41 heavy (non-hydrogen) atoms. The van der Waals surface area contributed by atoms with E-state index < -0.39 is 22.5 Å². The number of halogens is 1. The van der Waals surface area contributed by atoms with Crippen molar-refractivity contribution in [2.75, 3.05) is 17.5 Å². The number of nitrogens with zero attached hydrogens (tertiary/aromatic N) is 2. The van der Waals surface area contributed by atoms with Gasteiger partial charge in [0.1, 0.15) is 13.2 Å². The summed E-state index contributed by atoms with van der Waals surface area (Å²) in [6.45, 7) is 4.12. The van der Waals surface area contributed by atoms with Gasteiger partial charge >= 0.3 is 0 Å². The van der Waals surface area contributed by atoms with Gasteiger partial charge in [-0.25, -0.2) is 13.8 Å². The third-order valence-electron chi connectivity index (χ3n) is 5.92. The highest BCUT2D eigenvalue weighted by molar-refractivity contribution is 9.10. The molecule has 4 aromatic carbocycles. The van der Waals surface area contributed by atoms with Gasteiger partial charge in [-0.15, -0.1) is 0 Å². The Morgan fingerprint density at radius 1 is 0.927 bits per heavy atom. The highest BCUT2D eigenvalue weighted by atomic mass is 79.9. The predicted octanol–water partition coefficient (Wildman–Crippen LogP) is 6.08. The van der Waals surface area contributed by atoms with Gasteiger partial charge in [0, 0.05) is 4.47 Å². The van der Waals surface area contributed by atoms with E-state index in [2.05, 4.69) is 26.5 Å². The standard InChI is InChI=1S/C31H30BrN3O5S/c1-3-39-30-19-25(11-18-29(30)40-22-24-7-5-4-6-8-24)20-33-34-31(36)21-35(27-14-12-26(32)13-15-27)41(37,38)28-16-9-23(2)10-17-28/h4-20H,3,21-22H2,1-2H3,(H,34,36)/b33-20-. The molecule has 0 aliphatic carbocycles. The van der Waals surface area contributed by atoms with Crippen molar-refractivity contribution in [2.45, 2.75) is 25.3 Å². The number of hydrazone groups is 1. The molecular formula is C31H30BrN3O5S. The molecule has 4 aromatic rings. The minimum Gasteiger partial charge on any atom is -0.490 e. The zero-order valence-corrected chi connectivity index (χ0v) is 25.1. The van der Waals surface area contributed by atoms with Crippen molar-refractivity contribution in [3.8, 4) is 11.5 Å². The lowest BCUT2D eigenvalue weighted by molar-refractivity contribution is -0.119. The van der Waals surface area contributed by atoms with Gasteiger partial charge in [-0.1, -0.05) is 64.0 Å².